The number of hydrogen-bond acceptors (Lipinski definition) is 4. The van der Waals surface area contributed by atoms with E-state index in [4.69, 9.17) is 9.97 Å². The fraction of sp³-hybridized carbons (Fsp3) is 0. The molecule has 0 N–H and O–H groups in total. The molecular formula is C60H36N6. The van der Waals surface area contributed by atoms with Crippen molar-refractivity contribution in [3.05, 3.63) is 230 Å². The minimum Gasteiger partial charge on any atom is -0.308 e. The molecule has 12 rings (SSSR count). The number of para-hydroxylation sites is 2. The molecule has 0 saturated carbocycles. The third-order valence-corrected chi connectivity index (χ3v) is 12.7. The Balaban J connectivity index is 1.07. The molecule has 6 heteroatoms. The van der Waals surface area contributed by atoms with Crippen molar-refractivity contribution in [2.75, 3.05) is 0 Å². The molecule has 0 radical (unpaired) electrons. The van der Waals surface area contributed by atoms with Gasteiger partial charge in [0.25, 0.3) is 0 Å². The Hall–Kier alpha value is -9.36. The van der Waals surface area contributed by atoms with Gasteiger partial charge in [-0.25, -0.2) is 0 Å². The van der Waals surface area contributed by atoms with E-state index in [2.05, 4.69) is 155 Å². The monoisotopic (exact) mass is 840 g/mol. The highest BCUT2D eigenvalue weighted by atomic mass is 15.0. The predicted molar refractivity (Wildman–Crippen MR) is 267 cm³/mol. The van der Waals surface area contributed by atoms with Gasteiger partial charge in [-0.15, -0.1) is 0 Å². The van der Waals surface area contributed by atoms with Gasteiger partial charge in [0.15, 0.2) is 0 Å². The highest BCUT2D eigenvalue weighted by Crippen LogP contribution is 2.42. The van der Waals surface area contributed by atoms with Gasteiger partial charge in [0.1, 0.15) is 11.6 Å². The molecule has 4 aromatic heterocycles. The summed E-state index contributed by atoms with van der Waals surface area (Å²) in [5.41, 5.74) is 16.4. The minimum atomic E-state index is 0.523. The van der Waals surface area contributed by atoms with Crippen molar-refractivity contribution in [3.63, 3.8) is 0 Å². The van der Waals surface area contributed by atoms with E-state index in [-0.39, 0.29) is 0 Å². The van der Waals surface area contributed by atoms with E-state index in [0.29, 0.717) is 11.1 Å². The van der Waals surface area contributed by atoms with Gasteiger partial charge < -0.3 is 9.13 Å². The second kappa shape index (κ2) is 15.8. The van der Waals surface area contributed by atoms with Crippen LogP contribution in [0, 0.1) is 22.7 Å². The molecule has 6 nitrogen and oxygen atoms in total. The van der Waals surface area contributed by atoms with E-state index in [1.807, 2.05) is 85.2 Å². The second-order valence-corrected chi connectivity index (χ2v) is 16.5. The average Bonchev–Trinajstić information content (AvgIpc) is 3.91. The fourth-order valence-electron chi connectivity index (χ4n) is 9.53. The smallest absolute Gasteiger partial charge is 0.104 e. The lowest BCUT2D eigenvalue weighted by molar-refractivity contribution is 1.12. The Labute approximate surface area is 380 Å². The fourth-order valence-corrected chi connectivity index (χ4v) is 9.53. The van der Waals surface area contributed by atoms with Gasteiger partial charge >= 0.3 is 0 Å². The third-order valence-electron chi connectivity index (χ3n) is 12.7. The summed E-state index contributed by atoms with van der Waals surface area (Å²) in [6.07, 6.45) is 3.88. The summed E-state index contributed by atoms with van der Waals surface area (Å²) < 4.78 is 4.45. The van der Waals surface area contributed by atoms with E-state index < -0.39 is 0 Å². The topological polar surface area (TPSA) is 83.2 Å². The zero-order valence-electron chi connectivity index (χ0n) is 35.5. The van der Waals surface area contributed by atoms with Gasteiger partial charge in [-0.1, -0.05) is 133 Å². The molecule has 0 aliphatic heterocycles. The molecule has 0 unspecified atom stereocenters. The zero-order valence-corrected chi connectivity index (χ0v) is 35.5. The molecule has 66 heavy (non-hydrogen) atoms. The van der Waals surface area contributed by atoms with Gasteiger partial charge in [0.05, 0.1) is 56.5 Å². The summed E-state index contributed by atoms with van der Waals surface area (Å²) in [4.78, 5) is 9.68. The van der Waals surface area contributed by atoms with Gasteiger partial charge in [0.2, 0.25) is 0 Å². The van der Waals surface area contributed by atoms with Crippen molar-refractivity contribution in [1.29, 1.82) is 10.5 Å². The maximum absolute atomic E-state index is 11.5. The first kappa shape index (κ1) is 38.3. The number of fused-ring (bicyclic) bond motifs is 6. The molecule has 0 spiro atoms. The first-order valence-corrected chi connectivity index (χ1v) is 21.8. The van der Waals surface area contributed by atoms with Crippen LogP contribution in [-0.2, 0) is 0 Å². The van der Waals surface area contributed by atoms with E-state index in [0.717, 1.165) is 111 Å². The van der Waals surface area contributed by atoms with Gasteiger partial charge in [0, 0.05) is 56.2 Å². The van der Waals surface area contributed by atoms with Crippen LogP contribution in [0.2, 0.25) is 0 Å². The average molecular weight is 841 g/mol. The van der Waals surface area contributed by atoms with Crippen LogP contribution in [0.15, 0.2) is 219 Å². The molecule has 12 aromatic rings. The van der Waals surface area contributed by atoms with E-state index in [9.17, 15) is 10.5 Å². The molecule has 4 heterocycles. The van der Waals surface area contributed by atoms with Crippen molar-refractivity contribution in [1.82, 2.24) is 19.1 Å². The van der Waals surface area contributed by atoms with Crippen LogP contribution in [0.3, 0.4) is 0 Å². The summed E-state index contributed by atoms with van der Waals surface area (Å²) in [5, 5.41) is 25.8. The van der Waals surface area contributed by atoms with Crippen LogP contribution in [0.5, 0.6) is 0 Å². The van der Waals surface area contributed by atoms with Crippen molar-refractivity contribution in [2.45, 2.75) is 0 Å². The number of pyridine rings is 2. The van der Waals surface area contributed by atoms with E-state index in [1.165, 1.54) is 0 Å². The summed E-state index contributed by atoms with van der Waals surface area (Å²) in [6, 6.07) is 75.5. The summed E-state index contributed by atoms with van der Waals surface area (Å²) in [7, 11) is 0. The maximum atomic E-state index is 11.5. The first-order chi connectivity index (χ1) is 32.6. The minimum absolute atomic E-state index is 0.523. The number of hydrogen-bond donors (Lipinski definition) is 0. The summed E-state index contributed by atoms with van der Waals surface area (Å²) in [5.74, 6) is 0. The molecule has 306 valence electrons. The van der Waals surface area contributed by atoms with Crippen LogP contribution in [0.25, 0.3) is 111 Å². The lowest BCUT2D eigenvalue weighted by atomic mass is 9.98. The van der Waals surface area contributed by atoms with Crippen molar-refractivity contribution in [3.8, 4) is 79.4 Å². The Kier molecular flexibility index (Phi) is 9.16. The molecule has 0 amide bonds. The van der Waals surface area contributed by atoms with Gasteiger partial charge in [-0.3, -0.25) is 9.97 Å². The molecule has 0 aliphatic rings. The molecule has 0 saturated heterocycles. The van der Waals surface area contributed by atoms with Crippen molar-refractivity contribution in [2.24, 2.45) is 0 Å². The van der Waals surface area contributed by atoms with Crippen LogP contribution in [0.4, 0.5) is 0 Å². The highest BCUT2D eigenvalue weighted by molar-refractivity contribution is 6.12. The second-order valence-electron chi connectivity index (χ2n) is 16.5. The van der Waals surface area contributed by atoms with Gasteiger partial charge in [-0.2, -0.15) is 10.5 Å². The Morgan fingerprint density at radius 1 is 0.318 bits per heavy atom. The number of nitriles is 2. The standard InChI is InChI=1S/C60H36N6/c61-35-39-12-11-17-42(30-39)47-33-59(65-55-20-9-7-18-48(55)50-31-43(24-28-57(50)65)45-22-26-53(63-37-45)40-13-3-1-4-14-40)52(36-62)60(34-47)66-56-21-10-8-19-49(56)51-32-44(25-29-58(51)66)46-23-27-54(64-38-46)41-15-5-2-6-16-41/h1-34,37-38H. The van der Waals surface area contributed by atoms with Crippen molar-refractivity contribution < 1.29 is 0 Å². The Morgan fingerprint density at radius 3 is 1.23 bits per heavy atom. The zero-order chi connectivity index (χ0) is 44.1. The highest BCUT2D eigenvalue weighted by Gasteiger charge is 2.23. The number of benzene rings is 8. The first-order valence-electron chi connectivity index (χ1n) is 21.8. The van der Waals surface area contributed by atoms with Crippen LogP contribution >= 0.6 is 0 Å². The normalized spacial score (nSPS) is 11.3. The summed E-state index contributed by atoms with van der Waals surface area (Å²) in [6.45, 7) is 0. The Morgan fingerprint density at radius 2 is 0.758 bits per heavy atom. The molecule has 0 bridgehead atoms. The lowest BCUT2D eigenvalue weighted by Gasteiger charge is -2.18. The SMILES string of the molecule is N#Cc1cccc(-c2cc(-n3c4ccccc4c4cc(-c5ccc(-c6ccccc6)nc5)ccc43)c(C#N)c(-n3c4ccccc4c4cc(-c5ccc(-c6ccccc6)nc5)ccc43)c2)c1. The van der Waals surface area contributed by atoms with Crippen molar-refractivity contribution >= 4 is 43.6 Å². The largest absolute Gasteiger partial charge is 0.308 e. The van der Waals surface area contributed by atoms with Gasteiger partial charge in [-0.05, 0) is 95.1 Å². The van der Waals surface area contributed by atoms with E-state index in [1.54, 1.807) is 0 Å². The molecule has 0 fully saturated rings. The van der Waals surface area contributed by atoms with Crippen LogP contribution in [-0.4, -0.2) is 19.1 Å². The predicted octanol–water partition coefficient (Wildman–Crippen LogP) is 14.7. The molecular weight excluding hydrogens is 805 g/mol. The van der Waals surface area contributed by atoms with E-state index >= 15 is 0 Å². The number of aromatic nitrogens is 4. The lowest BCUT2D eigenvalue weighted by Crippen LogP contribution is -2.05. The number of nitrogens with zero attached hydrogens (tertiary/aromatic N) is 6. The molecule has 0 atom stereocenters. The summed E-state index contributed by atoms with van der Waals surface area (Å²) >= 11 is 0. The van der Waals surface area contributed by atoms with Crippen LogP contribution < -0.4 is 0 Å². The van der Waals surface area contributed by atoms with Crippen LogP contribution in [0.1, 0.15) is 11.1 Å². The molecule has 8 aromatic carbocycles. The third kappa shape index (κ3) is 6.41. The maximum Gasteiger partial charge on any atom is 0.104 e. The number of rotatable bonds is 7. The molecule has 0 aliphatic carbocycles. The Bertz CT molecular complexity index is 3700. The quantitative estimate of drug-likeness (QED) is 0.160.